The van der Waals surface area contributed by atoms with E-state index in [1.54, 1.807) is 6.92 Å². The molecule has 0 saturated carbocycles. The first kappa shape index (κ1) is 18.3. The topological polar surface area (TPSA) is 51.2 Å². The van der Waals surface area contributed by atoms with E-state index in [1.165, 1.54) is 29.5 Å². The first-order valence-corrected chi connectivity index (χ1v) is 8.09. The molecule has 4 nitrogen and oxygen atoms in total. The van der Waals surface area contributed by atoms with Gasteiger partial charge in [-0.25, -0.2) is 4.98 Å². The van der Waals surface area contributed by atoms with E-state index < -0.39 is 12.3 Å². The summed E-state index contributed by atoms with van der Waals surface area (Å²) in [6.07, 6.45) is -4.00. The van der Waals surface area contributed by atoms with Crippen LogP contribution >= 0.6 is 11.3 Å². The number of aromatic nitrogens is 1. The number of carbonyl (C=O) groups excluding carboxylic acids is 1. The van der Waals surface area contributed by atoms with Crippen molar-refractivity contribution in [2.24, 2.45) is 5.92 Å². The zero-order chi connectivity index (χ0) is 17.9. The molecule has 1 aromatic carbocycles. The van der Waals surface area contributed by atoms with Crippen molar-refractivity contribution in [2.45, 2.75) is 33.6 Å². The summed E-state index contributed by atoms with van der Waals surface area (Å²) in [5, 5.41) is 3.44. The fourth-order valence-electron chi connectivity index (χ4n) is 2.06. The monoisotopic (exact) mass is 358 g/mol. The van der Waals surface area contributed by atoms with Crippen molar-refractivity contribution in [3.63, 3.8) is 0 Å². The van der Waals surface area contributed by atoms with Crippen LogP contribution in [0.2, 0.25) is 0 Å². The summed E-state index contributed by atoms with van der Waals surface area (Å²) in [6, 6.07) is 5.16. The maximum Gasteiger partial charge on any atom is 0.573 e. The molecule has 0 spiro atoms. The average Bonchev–Trinajstić information content (AvgIpc) is 2.77. The second kappa shape index (κ2) is 7.21. The number of hydrogen-bond acceptors (Lipinski definition) is 4. The number of aryl methyl sites for hydroxylation is 1. The number of ether oxygens (including phenoxy) is 1. The molecule has 0 atom stereocenters. The minimum absolute atomic E-state index is 0.222. The Morgan fingerprint density at radius 3 is 2.71 bits per heavy atom. The standard InChI is InChI=1S/C16H17F3N2O2S/c1-9(2)7-13-20-10(3)14(24-13)15(22)21-11-5-4-6-12(8-11)23-16(17,18)19/h4-6,8-9H,7H2,1-3H3,(H,21,22). The molecule has 0 bridgehead atoms. The highest BCUT2D eigenvalue weighted by Gasteiger charge is 2.31. The number of carbonyl (C=O) groups is 1. The Morgan fingerprint density at radius 1 is 1.38 bits per heavy atom. The van der Waals surface area contributed by atoms with Gasteiger partial charge in [0.15, 0.2) is 0 Å². The maximum atomic E-state index is 12.3. The number of benzene rings is 1. The number of hydrogen-bond donors (Lipinski definition) is 1. The van der Waals surface area contributed by atoms with Crippen LogP contribution < -0.4 is 10.1 Å². The van der Waals surface area contributed by atoms with Crippen LogP contribution in [0.15, 0.2) is 24.3 Å². The van der Waals surface area contributed by atoms with Crippen molar-refractivity contribution in [3.05, 3.63) is 39.8 Å². The molecule has 8 heteroatoms. The van der Waals surface area contributed by atoms with Crippen LogP contribution in [0, 0.1) is 12.8 Å². The molecule has 1 aromatic heterocycles. The van der Waals surface area contributed by atoms with Crippen molar-refractivity contribution in [1.82, 2.24) is 4.98 Å². The molecular formula is C16H17F3N2O2S. The molecule has 0 aliphatic rings. The molecule has 2 rings (SSSR count). The van der Waals surface area contributed by atoms with E-state index in [0.29, 0.717) is 16.5 Å². The molecule has 0 saturated heterocycles. The largest absolute Gasteiger partial charge is 0.573 e. The molecule has 1 N–H and O–H groups in total. The Kier molecular flexibility index (Phi) is 5.48. The van der Waals surface area contributed by atoms with Gasteiger partial charge in [-0.1, -0.05) is 19.9 Å². The Labute approximate surface area is 141 Å². The van der Waals surface area contributed by atoms with E-state index in [9.17, 15) is 18.0 Å². The molecule has 0 unspecified atom stereocenters. The van der Waals surface area contributed by atoms with Gasteiger partial charge in [-0.2, -0.15) is 0 Å². The van der Waals surface area contributed by atoms with Crippen LogP contribution in [0.4, 0.5) is 18.9 Å². The van der Waals surface area contributed by atoms with Crippen molar-refractivity contribution in [1.29, 1.82) is 0 Å². The molecule has 0 aliphatic heterocycles. The summed E-state index contributed by atoms with van der Waals surface area (Å²) < 4.78 is 40.6. The van der Waals surface area contributed by atoms with E-state index in [4.69, 9.17) is 0 Å². The number of amides is 1. The minimum atomic E-state index is -4.78. The summed E-state index contributed by atoms with van der Waals surface area (Å²) >= 11 is 1.29. The third-order valence-corrected chi connectivity index (χ3v) is 4.13. The van der Waals surface area contributed by atoms with E-state index in [1.807, 2.05) is 0 Å². The highest BCUT2D eigenvalue weighted by molar-refractivity contribution is 7.13. The lowest BCUT2D eigenvalue weighted by atomic mass is 10.1. The second-order valence-electron chi connectivity index (χ2n) is 5.65. The van der Waals surface area contributed by atoms with Gasteiger partial charge in [0.1, 0.15) is 10.6 Å². The molecule has 1 heterocycles. The predicted molar refractivity (Wildman–Crippen MR) is 86.5 cm³/mol. The van der Waals surface area contributed by atoms with E-state index >= 15 is 0 Å². The summed E-state index contributed by atoms with van der Waals surface area (Å²) in [5.74, 6) is -0.367. The lowest BCUT2D eigenvalue weighted by molar-refractivity contribution is -0.274. The first-order valence-electron chi connectivity index (χ1n) is 7.27. The lowest BCUT2D eigenvalue weighted by Gasteiger charge is -2.10. The Balaban J connectivity index is 2.12. The molecular weight excluding hydrogens is 341 g/mol. The van der Waals surface area contributed by atoms with E-state index in [-0.39, 0.29) is 11.4 Å². The van der Waals surface area contributed by atoms with Crippen LogP contribution in [0.1, 0.15) is 34.2 Å². The molecule has 2 aromatic rings. The highest BCUT2D eigenvalue weighted by Crippen LogP contribution is 2.26. The lowest BCUT2D eigenvalue weighted by Crippen LogP contribution is -2.17. The smallest absolute Gasteiger partial charge is 0.406 e. The van der Waals surface area contributed by atoms with Crippen molar-refractivity contribution in [2.75, 3.05) is 5.32 Å². The van der Waals surface area contributed by atoms with E-state index in [0.717, 1.165) is 17.5 Å². The molecule has 24 heavy (non-hydrogen) atoms. The number of rotatable bonds is 5. The number of nitrogens with zero attached hydrogens (tertiary/aromatic N) is 1. The molecule has 0 aliphatic carbocycles. The Morgan fingerprint density at radius 2 is 2.08 bits per heavy atom. The third-order valence-electron chi connectivity index (χ3n) is 2.96. The van der Waals surface area contributed by atoms with Gasteiger partial charge in [0.05, 0.1) is 10.7 Å². The SMILES string of the molecule is Cc1nc(CC(C)C)sc1C(=O)Nc1cccc(OC(F)(F)F)c1. The number of alkyl halides is 3. The fourth-order valence-corrected chi connectivity index (χ4v) is 3.23. The average molecular weight is 358 g/mol. The quantitative estimate of drug-likeness (QED) is 0.835. The van der Waals surface area contributed by atoms with Crippen molar-refractivity contribution in [3.8, 4) is 5.75 Å². The molecule has 130 valence electrons. The number of thiazole rings is 1. The first-order chi connectivity index (χ1) is 11.1. The Bertz CT molecular complexity index is 726. The molecule has 0 radical (unpaired) electrons. The van der Waals surface area contributed by atoms with Gasteiger partial charge in [-0.15, -0.1) is 24.5 Å². The summed E-state index contributed by atoms with van der Waals surface area (Å²) in [5.41, 5.74) is 0.829. The normalized spacial score (nSPS) is 11.6. The van der Waals surface area contributed by atoms with Crippen LogP contribution in [-0.2, 0) is 6.42 Å². The van der Waals surface area contributed by atoms with Gasteiger partial charge in [-0.3, -0.25) is 4.79 Å². The number of nitrogens with one attached hydrogen (secondary N) is 1. The predicted octanol–water partition coefficient (Wildman–Crippen LogP) is 4.80. The fraction of sp³-hybridized carbons (Fsp3) is 0.375. The van der Waals surface area contributed by atoms with Crippen molar-refractivity contribution < 1.29 is 22.7 Å². The Hall–Kier alpha value is -2.09. The molecule has 1 amide bonds. The summed E-state index contributed by atoms with van der Waals surface area (Å²) in [4.78, 5) is 17.1. The van der Waals surface area contributed by atoms with Crippen LogP contribution in [0.5, 0.6) is 5.75 Å². The third kappa shape index (κ3) is 5.23. The van der Waals surface area contributed by atoms with Gasteiger partial charge in [-0.05, 0) is 25.0 Å². The van der Waals surface area contributed by atoms with Gasteiger partial charge in [0.25, 0.3) is 5.91 Å². The second-order valence-corrected chi connectivity index (χ2v) is 6.73. The van der Waals surface area contributed by atoms with Crippen LogP contribution in [-0.4, -0.2) is 17.3 Å². The summed E-state index contributed by atoms with van der Waals surface area (Å²) in [7, 11) is 0. The van der Waals surface area contributed by atoms with E-state index in [2.05, 4.69) is 28.9 Å². The zero-order valence-electron chi connectivity index (χ0n) is 13.4. The van der Waals surface area contributed by atoms with Gasteiger partial charge in [0, 0.05) is 18.2 Å². The number of halogens is 3. The van der Waals surface area contributed by atoms with Gasteiger partial charge < -0.3 is 10.1 Å². The summed E-state index contributed by atoms with van der Waals surface area (Å²) in [6.45, 7) is 5.85. The van der Waals surface area contributed by atoms with Crippen LogP contribution in [0.25, 0.3) is 0 Å². The van der Waals surface area contributed by atoms with Gasteiger partial charge >= 0.3 is 6.36 Å². The number of anilines is 1. The molecule has 0 fully saturated rings. The maximum absolute atomic E-state index is 12.3. The zero-order valence-corrected chi connectivity index (χ0v) is 14.2. The van der Waals surface area contributed by atoms with Crippen LogP contribution in [0.3, 0.4) is 0 Å². The highest BCUT2D eigenvalue weighted by atomic mass is 32.1. The minimum Gasteiger partial charge on any atom is -0.406 e. The van der Waals surface area contributed by atoms with Gasteiger partial charge in [0.2, 0.25) is 0 Å². The van der Waals surface area contributed by atoms with Crippen molar-refractivity contribution >= 4 is 22.9 Å².